The monoisotopic (exact) mass is 551 g/mol. The number of rotatable bonds is 7. The molecule has 3 aromatic rings. The molecule has 1 fully saturated rings. The molecule has 11 heteroatoms. The second-order valence-electron chi connectivity index (χ2n) is 7.54. The molecule has 1 N–H and O–H groups in total. The number of amides is 4. The molecular formula is C25H18BrN3O7. The number of methoxy groups -OCH3 is 1. The Hall–Kier alpha value is -4.51. The van der Waals surface area contributed by atoms with E-state index < -0.39 is 22.8 Å². The number of para-hydroxylation sites is 1. The number of nitro benzene ring substituents is 1. The molecule has 0 unspecified atom stereocenters. The maximum absolute atomic E-state index is 13.1. The van der Waals surface area contributed by atoms with E-state index >= 15 is 0 Å². The molecule has 4 amide bonds. The summed E-state index contributed by atoms with van der Waals surface area (Å²) in [5.74, 6) is -0.970. The molecule has 0 spiro atoms. The number of nitro groups is 1. The van der Waals surface area contributed by atoms with Gasteiger partial charge in [0.05, 0.1) is 22.2 Å². The van der Waals surface area contributed by atoms with Crippen LogP contribution in [0.15, 0.2) is 76.8 Å². The number of carbonyl (C=O) groups is 3. The van der Waals surface area contributed by atoms with Crippen LogP contribution in [0.4, 0.5) is 16.2 Å². The van der Waals surface area contributed by atoms with Crippen molar-refractivity contribution in [2.75, 3.05) is 12.0 Å². The number of nitrogens with one attached hydrogen (secondary N) is 1. The highest BCUT2D eigenvalue weighted by molar-refractivity contribution is 9.10. The molecular weight excluding hydrogens is 534 g/mol. The van der Waals surface area contributed by atoms with Gasteiger partial charge in [0.25, 0.3) is 17.5 Å². The van der Waals surface area contributed by atoms with Crippen molar-refractivity contribution in [3.8, 4) is 11.5 Å². The van der Waals surface area contributed by atoms with Gasteiger partial charge in [0.2, 0.25) is 0 Å². The zero-order chi connectivity index (χ0) is 25.8. The Morgan fingerprint density at radius 1 is 1.06 bits per heavy atom. The summed E-state index contributed by atoms with van der Waals surface area (Å²) in [6.45, 7) is 0.0338. The quantitative estimate of drug-likeness (QED) is 0.196. The summed E-state index contributed by atoms with van der Waals surface area (Å²) in [5.41, 5.74) is 1.05. The fraction of sp³-hybridized carbons (Fsp3) is 0.0800. The first kappa shape index (κ1) is 24.6. The molecule has 4 rings (SSSR count). The lowest BCUT2D eigenvalue weighted by Gasteiger charge is -2.26. The van der Waals surface area contributed by atoms with Crippen LogP contribution in [0.1, 0.15) is 11.1 Å². The second kappa shape index (κ2) is 10.4. The highest BCUT2D eigenvalue weighted by Gasteiger charge is 2.36. The number of anilines is 1. The first-order chi connectivity index (χ1) is 17.3. The van der Waals surface area contributed by atoms with Crippen LogP contribution in [0.2, 0.25) is 0 Å². The summed E-state index contributed by atoms with van der Waals surface area (Å²) in [7, 11) is 1.42. The van der Waals surface area contributed by atoms with Crippen LogP contribution in [0.25, 0.3) is 6.08 Å². The van der Waals surface area contributed by atoms with E-state index in [-0.39, 0.29) is 17.9 Å². The lowest BCUT2D eigenvalue weighted by molar-refractivity contribution is -0.384. The van der Waals surface area contributed by atoms with Crippen molar-refractivity contribution in [1.82, 2.24) is 5.32 Å². The van der Waals surface area contributed by atoms with Gasteiger partial charge in [-0.05, 0) is 57.4 Å². The third-order valence-corrected chi connectivity index (χ3v) is 5.77. The summed E-state index contributed by atoms with van der Waals surface area (Å²) in [4.78, 5) is 49.3. The number of nitrogens with zero attached hydrogens (tertiary/aromatic N) is 2. The molecule has 0 saturated carbocycles. The molecule has 0 atom stereocenters. The molecule has 0 radical (unpaired) electrons. The van der Waals surface area contributed by atoms with Crippen molar-refractivity contribution < 1.29 is 28.8 Å². The summed E-state index contributed by atoms with van der Waals surface area (Å²) < 4.78 is 11.7. The average Bonchev–Trinajstić information content (AvgIpc) is 2.86. The molecule has 0 aliphatic carbocycles. The van der Waals surface area contributed by atoms with Crippen molar-refractivity contribution in [1.29, 1.82) is 0 Å². The highest BCUT2D eigenvalue weighted by Crippen LogP contribution is 2.38. The Balaban J connectivity index is 1.62. The summed E-state index contributed by atoms with van der Waals surface area (Å²) in [6.07, 6.45) is 1.34. The maximum atomic E-state index is 13.1. The van der Waals surface area contributed by atoms with Crippen LogP contribution in [0, 0.1) is 10.1 Å². The van der Waals surface area contributed by atoms with Gasteiger partial charge in [-0.3, -0.25) is 25.0 Å². The number of halogens is 1. The van der Waals surface area contributed by atoms with Crippen LogP contribution in [-0.4, -0.2) is 29.9 Å². The van der Waals surface area contributed by atoms with Crippen LogP contribution in [-0.2, 0) is 16.2 Å². The van der Waals surface area contributed by atoms with Gasteiger partial charge in [-0.15, -0.1) is 0 Å². The minimum Gasteiger partial charge on any atom is -0.493 e. The smallest absolute Gasteiger partial charge is 0.335 e. The van der Waals surface area contributed by atoms with E-state index in [4.69, 9.17) is 9.47 Å². The van der Waals surface area contributed by atoms with Gasteiger partial charge in [-0.1, -0.05) is 30.3 Å². The van der Waals surface area contributed by atoms with Crippen LogP contribution >= 0.6 is 15.9 Å². The molecule has 1 aliphatic heterocycles. The van der Waals surface area contributed by atoms with E-state index in [2.05, 4.69) is 21.2 Å². The molecule has 1 aliphatic rings. The molecule has 1 saturated heterocycles. The fourth-order valence-electron chi connectivity index (χ4n) is 3.51. The minimum atomic E-state index is -0.836. The maximum Gasteiger partial charge on any atom is 0.335 e. The van der Waals surface area contributed by atoms with Crippen LogP contribution < -0.4 is 19.7 Å². The van der Waals surface area contributed by atoms with Crippen molar-refractivity contribution >= 4 is 51.2 Å². The first-order valence-corrected chi connectivity index (χ1v) is 11.3. The molecule has 36 heavy (non-hydrogen) atoms. The third kappa shape index (κ3) is 5.10. The summed E-state index contributed by atoms with van der Waals surface area (Å²) in [6, 6.07) is 16.6. The van der Waals surface area contributed by atoms with E-state index in [9.17, 15) is 24.5 Å². The SMILES string of the molecule is COc1cc(/C=C2\C(=O)NC(=O)N(c3ccccc3)C2=O)cc(Br)c1OCc1cccc([N+](=O)[O-])c1. The lowest BCUT2D eigenvalue weighted by atomic mass is 10.1. The number of carbonyl (C=O) groups excluding carboxylic acids is 3. The highest BCUT2D eigenvalue weighted by atomic mass is 79.9. The Kier molecular flexibility index (Phi) is 7.11. The van der Waals surface area contributed by atoms with Crippen LogP contribution in [0.3, 0.4) is 0 Å². The Morgan fingerprint density at radius 3 is 2.50 bits per heavy atom. The number of benzene rings is 3. The first-order valence-electron chi connectivity index (χ1n) is 10.5. The Bertz CT molecular complexity index is 1410. The molecule has 10 nitrogen and oxygen atoms in total. The zero-order valence-corrected chi connectivity index (χ0v) is 20.4. The van der Waals surface area contributed by atoms with Gasteiger partial charge in [0.1, 0.15) is 12.2 Å². The number of non-ortho nitro benzene ring substituents is 1. The van der Waals surface area contributed by atoms with E-state index in [0.29, 0.717) is 32.8 Å². The van der Waals surface area contributed by atoms with Gasteiger partial charge in [0, 0.05) is 12.1 Å². The van der Waals surface area contributed by atoms with Crippen molar-refractivity contribution in [2.24, 2.45) is 0 Å². The van der Waals surface area contributed by atoms with E-state index in [1.165, 1.54) is 25.3 Å². The predicted molar refractivity (Wildman–Crippen MR) is 134 cm³/mol. The van der Waals surface area contributed by atoms with Gasteiger partial charge in [-0.2, -0.15) is 0 Å². The molecule has 0 bridgehead atoms. The fourth-order valence-corrected chi connectivity index (χ4v) is 4.09. The molecule has 1 heterocycles. The zero-order valence-electron chi connectivity index (χ0n) is 18.8. The standard InChI is InChI=1S/C25H18BrN3O7/c1-35-21-13-16(12-20(26)22(21)36-14-15-6-5-9-18(10-15)29(33)34)11-19-23(30)27-25(32)28(24(19)31)17-7-3-2-4-8-17/h2-13H,14H2,1H3,(H,27,30,32)/b19-11+. The van der Waals surface area contributed by atoms with Crippen molar-refractivity contribution in [3.05, 3.63) is 98.0 Å². The van der Waals surface area contributed by atoms with E-state index in [1.807, 2.05) is 0 Å². The lowest BCUT2D eigenvalue weighted by Crippen LogP contribution is -2.54. The normalized spacial score (nSPS) is 14.6. The average molecular weight is 552 g/mol. The largest absolute Gasteiger partial charge is 0.493 e. The molecule has 3 aromatic carbocycles. The minimum absolute atomic E-state index is 0.0338. The molecule has 0 aromatic heterocycles. The van der Waals surface area contributed by atoms with E-state index in [1.54, 1.807) is 54.6 Å². The number of ether oxygens (including phenoxy) is 2. The van der Waals surface area contributed by atoms with Crippen molar-refractivity contribution in [2.45, 2.75) is 6.61 Å². The second-order valence-corrected chi connectivity index (χ2v) is 8.40. The molecule has 182 valence electrons. The Morgan fingerprint density at radius 2 is 1.81 bits per heavy atom. The third-order valence-electron chi connectivity index (χ3n) is 5.18. The van der Waals surface area contributed by atoms with Crippen molar-refractivity contribution in [3.63, 3.8) is 0 Å². The predicted octanol–water partition coefficient (Wildman–Crippen LogP) is 4.61. The topological polar surface area (TPSA) is 128 Å². The number of hydrogen-bond donors (Lipinski definition) is 1. The van der Waals surface area contributed by atoms with E-state index in [0.717, 1.165) is 4.90 Å². The van der Waals surface area contributed by atoms with Gasteiger partial charge in [0.15, 0.2) is 11.5 Å². The Labute approximate surface area is 213 Å². The number of hydrogen-bond acceptors (Lipinski definition) is 7. The number of barbiturate groups is 1. The van der Waals surface area contributed by atoms with Gasteiger partial charge < -0.3 is 9.47 Å². The summed E-state index contributed by atoms with van der Waals surface area (Å²) in [5, 5.41) is 13.2. The number of imide groups is 2. The number of urea groups is 1. The van der Waals surface area contributed by atoms with Gasteiger partial charge >= 0.3 is 6.03 Å². The summed E-state index contributed by atoms with van der Waals surface area (Å²) >= 11 is 3.41. The van der Waals surface area contributed by atoms with Gasteiger partial charge in [-0.25, -0.2) is 9.69 Å². The van der Waals surface area contributed by atoms with Crippen LogP contribution in [0.5, 0.6) is 11.5 Å².